The van der Waals surface area contributed by atoms with Gasteiger partial charge in [-0.25, -0.2) is 4.98 Å². The van der Waals surface area contributed by atoms with Crippen molar-refractivity contribution in [1.82, 2.24) is 15.3 Å². The maximum absolute atomic E-state index is 12.0. The Morgan fingerprint density at radius 2 is 2.10 bits per heavy atom. The molecule has 0 fully saturated rings. The number of carbonyl (C=O) groups excluding carboxylic acids is 1. The van der Waals surface area contributed by atoms with E-state index in [0.717, 1.165) is 20.9 Å². The number of nitrogens with zero attached hydrogens (tertiary/aromatic N) is 1. The molecule has 3 aromatic rings. The van der Waals surface area contributed by atoms with Crippen LogP contribution in [0.15, 0.2) is 41.2 Å². The van der Waals surface area contributed by atoms with Gasteiger partial charge in [-0.3, -0.25) is 9.59 Å². The van der Waals surface area contributed by atoms with Crippen molar-refractivity contribution < 1.29 is 4.79 Å². The number of hydrogen-bond donors (Lipinski definition) is 2. The number of pyridine rings is 1. The van der Waals surface area contributed by atoms with E-state index in [2.05, 4.69) is 15.3 Å². The smallest absolute Gasteiger partial charge is 0.260 e. The highest BCUT2D eigenvalue weighted by Gasteiger charge is 2.11. The minimum absolute atomic E-state index is 0.113. The zero-order valence-corrected chi connectivity index (χ0v) is 12.2. The van der Waals surface area contributed by atoms with Crippen LogP contribution in [0.1, 0.15) is 21.1 Å². The average Bonchev–Trinajstić information content (AvgIpc) is 2.87. The van der Waals surface area contributed by atoms with Crippen LogP contribution in [0.4, 0.5) is 0 Å². The number of amides is 1. The van der Waals surface area contributed by atoms with E-state index in [4.69, 9.17) is 0 Å². The van der Waals surface area contributed by atoms with E-state index < -0.39 is 5.91 Å². The molecule has 3 rings (SSSR count). The Balaban J connectivity index is 1.74. The topological polar surface area (TPSA) is 74.8 Å². The number of H-pyrrole nitrogens is 1. The second-order valence-electron chi connectivity index (χ2n) is 4.64. The molecular formula is C15H13N3O2S. The average molecular weight is 299 g/mol. The first-order chi connectivity index (χ1) is 10.1. The Morgan fingerprint density at radius 3 is 2.86 bits per heavy atom. The summed E-state index contributed by atoms with van der Waals surface area (Å²) in [6, 6.07) is 11.0. The van der Waals surface area contributed by atoms with E-state index in [-0.39, 0.29) is 11.1 Å². The number of nitrogens with one attached hydrogen (secondary N) is 2. The maximum atomic E-state index is 12.0. The fourth-order valence-corrected chi connectivity index (χ4v) is 2.90. The van der Waals surface area contributed by atoms with Crippen LogP contribution in [0.2, 0.25) is 0 Å². The van der Waals surface area contributed by atoms with Crippen molar-refractivity contribution in [2.45, 2.75) is 13.5 Å². The summed E-state index contributed by atoms with van der Waals surface area (Å²) in [6.07, 6.45) is 0. The normalized spacial score (nSPS) is 10.7. The molecule has 0 saturated heterocycles. The summed E-state index contributed by atoms with van der Waals surface area (Å²) in [5.41, 5.74) is 1.38. The zero-order chi connectivity index (χ0) is 14.8. The number of hydrogen-bond acceptors (Lipinski definition) is 4. The molecule has 0 spiro atoms. The lowest BCUT2D eigenvalue weighted by Crippen LogP contribution is -2.29. The first kappa shape index (κ1) is 13.5. The lowest BCUT2D eigenvalue weighted by Gasteiger charge is -2.02. The van der Waals surface area contributed by atoms with E-state index in [0.29, 0.717) is 6.54 Å². The van der Waals surface area contributed by atoms with Gasteiger partial charge in [-0.15, -0.1) is 11.3 Å². The van der Waals surface area contributed by atoms with Gasteiger partial charge in [-0.05, 0) is 31.2 Å². The molecule has 21 heavy (non-hydrogen) atoms. The van der Waals surface area contributed by atoms with E-state index >= 15 is 0 Å². The summed E-state index contributed by atoms with van der Waals surface area (Å²) in [6.45, 7) is 2.08. The number of thiazole rings is 1. The van der Waals surface area contributed by atoms with Crippen molar-refractivity contribution in [1.29, 1.82) is 0 Å². The molecule has 6 heteroatoms. The summed E-state index contributed by atoms with van der Waals surface area (Å²) in [4.78, 5) is 30.8. The van der Waals surface area contributed by atoms with Crippen LogP contribution in [-0.4, -0.2) is 15.9 Å². The third-order valence-electron chi connectivity index (χ3n) is 3.04. The standard InChI is InChI=1S/C15H13N3O2S/c1-9-6-7-10(15(20)17-9)14(19)16-8-13-18-11-4-2-3-5-12(11)21-13/h2-7H,8H2,1H3,(H,16,19)(H,17,20). The van der Waals surface area contributed by atoms with Gasteiger partial charge in [-0.2, -0.15) is 0 Å². The molecule has 0 saturated carbocycles. The largest absolute Gasteiger partial charge is 0.345 e. The molecule has 0 radical (unpaired) electrons. The van der Waals surface area contributed by atoms with E-state index in [9.17, 15) is 9.59 Å². The number of carbonyl (C=O) groups is 1. The highest BCUT2D eigenvalue weighted by Crippen LogP contribution is 2.21. The fourth-order valence-electron chi connectivity index (χ4n) is 2.00. The molecule has 0 aliphatic heterocycles. The molecule has 1 aromatic carbocycles. The second-order valence-corrected chi connectivity index (χ2v) is 5.76. The molecular weight excluding hydrogens is 286 g/mol. The lowest BCUT2D eigenvalue weighted by atomic mass is 10.2. The summed E-state index contributed by atoms with van der Waals surface area (Å²) >= 11 is 1.53. The molecule has 5 nitrogen and oxygen atoms in total. The number of benzene rings is 1. The van der Waals surface area contributed by atoms with Gasteiger partial charge in [0.05, 0.1) is 16.8 Å². The number of fused-ring (bicyclic) bond motifs is 1. The van der Waals surface area contributed by atoms with Crippen molar-refractivity contribution in [2.24, 2.45) is 0 Å². The second kappa shape index (κ2) is 5.49. The van der Waals surface area contributed by atoms with Crippen molar-refractivity contribution in [3.05, 3.63) is 63.0 Å². The van der Waals surface area contributed by atoms with Gasteiger partial charge >= 0.3 is 0 Å². The molecule has 2 N–H and O–H groups in total. The summed E-state index contributed by atoms with van der Waals surface area (Å²) in [7, 11) is 0. The third-order valence-corrected chi connectivity index (χ3v) is 4.07. The first-order valence-electron chi connectivity index (χ1n) is 6.46. The molecule has 106 valence electrons. The molecule has 0 unspecified atom stereocenters. The van der Waals surface area contributed by atoms with Crippen LogP contribution >= 0.6 is 11.3 Å². The van der Waals surface area contributed by atoms with Crippen LogP contribution in [-0.2, 0) is 6.54 Å². The van der Waals surface area contributed by atoms with Crippen molar-refractivity contribution in [3.63, 3.8) is 0 Å². The number of rotatable bonds is 3. The third kappa shape index (κ3) is 2.85. The van der Waals surface area contributed by atoms with Gasteiger partial charge in [0.15, 0.2) is 0 Å². The molecule has 0 bridgehead atoms. The number of aryl methyl sites for hydroxylation is 1. The Bertz CT molecular complexity index is 833. The molecule has 1 amide bonds. The van der Waals surface area contributed by atoms with Crippen LogP contribution in [0, 0.1) is 6.92 Å². The van der Waals surface area contributed by atoms with Crippen molar-refractivity contribution in [2.75, 3.05) is 0 Å². The van der Waals surface area contributed by atoms with Crippen LogP contribution in [0.5, 0.6) is 0 Å². The predicted octanol–water partition coefficient (Wildman–Crippen LogP) is 2.22. The van der Waals surface area contributed by atoms with Crippen molar-refractivity contribution >= 4 is 27.5 Å². The van der Waals surface area contributed by atoms with Gasteiger partial charge in [0, 0.05) is 5.69 Å². The van der Waals surface area contributed by atoms with Gasteiger partial charge in [0.1, 0.15) is 10.6 Å². The molecule has 2 aromatic heterocycles. The summed E-state index contributed by atoms with van der Waals surface area (Å²) < 4.78 is 1.08. The fraction of sp³-hybridized carbons (Fsp3) is 0.133. The van der Waals surface area contributed by atoms with Gasteiger partial charge in [0.25, 0.3) is 11.5 Å². The minimum atomic E-state index is -0.393. The van der Waals surface area contributed by atoms with Crippen molar-refractivity contribution in [3.8, 4) is 0 Å². The monoisotopic (exact) mass is 299 g/mol. The van der Waals surface area contributed by atoms with E-state index in [1.165, 1.54) is 17.4 Å². The quantitative estimate of drug-likeness (QED) is 0.778. The first-order valence-corrected chi connectivity index (χ1v) is 7.28. The van der Waals surface area contributed by atoms with Crippen LogP contribution < -0.4 is 10.9 Å². The number of para-hydroxylation sites is 1. The number of aromatic amines is 1. The minimum Gasteiger partial charge on any atom is -0.345 e. The Kier molecular flexibility index (Phi) is 3.53. The summed E-state index contributed by atoms with van der Waals surface area (Å²) in [5, 5.41) is 3.54. The van der Waals surface area contributed by atoms with E-state index in [1.807, 2.05) is 24.3 Å². The Labute approximate surface area is 124 Å². The maximum Gasteiger partial charge on any atom is 0.260 e. The van der Waals surface area contributed by atoms with Gasteiger partial charge in [-0.1, -0.05) is 12.1 Å². The molecule has 0 aliphatic carbocycles. The predicted molar refractivity (Wildman–Crippen MR) is 82.6 cm³/mol. The SMILES string of the molecule is Cc1ccc(C(=O)NCc2nc3ccccc3s2)c(=O)[nH]1. The van der Waals surface area contributed by atoms with Crippen LogP contribution in [0.3, 0.4) is 0 Å². The van der Waals surface area contributed by atoms with Gasteiger partial charge in [0.2, 0.25) is 0 Å². The highest BCUT2D eigenvalue weighted by atomic mass is 32.1. The Hall–Kier alpha value is -2.47. The summed E-state index contributed by atoms with van der Waals surface area (Å²) in [5.74, 6) is -0.393. The Morgan fingerprint density at radius 1 is 1.29 bits per heavy atom. The number of aromatic nitrogens is 2. The zero-order valence-electron chi connectivity index (χ0n) is 11.3. The molecule has 0 aliphatic rings. The molecule has 0 atom stereocenters. The highest BCUT2D eigenvalue weighted by molar-refractivity contribution is 7.18. The van der Waals surface area contributed by atoms with Crippen LogP contribution in [0.25, 0.3) is 10.2 Å². The van der Waals surface area contributed by atoms with Gasteiger partial charge < -0.3 is 10.3 Å². The lowest BCUT2D eigenvalue weighted by molar-refractivity contribution is 0.0949. The molecule has 2 heterocycles. The van der Waals surface area contributed by atoms with E-state index in [1.54, 1.807) is 13.0 Å².